The molecular formula is C21H29N3O4S. The zero-order valence-electron chi connectivity index (χ0n) is 16.9. The van der Waals surface area contributed by atoms with E-state index in [-0.39, 0.29) is 30.0 Å². The zero-order valence-corrected chi connectivity index (χ0v) is 17.7. The summed E-state index contributed by atoms with van der Waals surface area (Å²) in [6, 6.07) is 8.13. The highest BCUT2D eigenvalue weighted by Crippen LogP contribution is 2.28. The molecule has 1 fully saturated rings. The largest absolute Gasteiger partial charge is 0.385 e. The molecule has 158 valence electrons. The van der Waals surface area contributed by atoms with Crippen LogP contribution >= 0.6 is 0 Å². The minimum absolute atomic E-state index is 0.0719. The molecule has 7 nitrogen and oxygen atoms in total. The van der Waals surface area contributed by atoms with E-state index in [0.717, 1.165) is 18.4 Å². The molecule has 1 unspecified atom stereocenters. The Hall–Kier alpha value is -1.90. The lowest BCUT2D eigenvalue weighted by Gasteiger charge is -2.32. The van der Waals surface area contributed by atoms with Crippen molar-refractivity contribution in [2.24, 2.45) is 0 Å². The third-order valence-corrected chi connectivity index (χ3v) is 7.84. The van der Waals surface area contributed by atoms with Crippen LogP contribution < -0.4 is 0 Å². The van der Waals surface area contributed by atoms with Crippen molar-refractivity contribution in [3.63, 3.8) is 0 Å². The topological polar surface area (TPSA) is 82.7 Å². The summed E-state index contributed by atoms with van der Waals surface area (Å²) < 4.78 is 29.0. The molecule has 0 aliphatic carbocycles. The average Bonchev–Trinajstić information content (AvgIpc) is 3.26. The van der Waals surface area contributed by atoms with Gasteiger partial charge in [-0.05, 0) is 18.9 Å². The number of benzene rings is 1. The van der Waals surface area contributed by atoms with Crippen molar-refractivity contribution >= 4 is 26.6 Å². The number of rotatable bonds is 7. The summed E-state index contributed by atoms with van der Waals surface area (Å²) in [6.45, 7) is 2.83. The predicted molar refractivity (Wildman–Crippen MR) is 113 cm³/mol. The Morgan fingerprint density at radius 3 is 2.93 bits per heavy atom. The number of fused-ring (bicyclic) bond motifs is 3. The molecule has 2 aliphatic heterocycles. The van der Waals surface area contributed by atoms with Crippen LogP contribution in [0.2, 0.25) is 0 Å². The second-order valence-electron chi connectivity index (χ2n) is 8.07. The number of para-hydroxylation sites is 1. The monoisotopic (exact) mass is 419 g/mol. The van der Waals surface area contributed by atoms with Gasteiger partial charge in [0.05, 0.1) is 18.1 Å². The number of nitrogens with zero attached hydrogens (tertiary/aromatic N) is 2. The van der Waals surface area contributed by atoms with E-state index in [1.807, 2.05) is 17.0 Å². The summed E-state index contributed by atoms with van der Waals surface area (Å²) >= 11 is 0. The molecule has 0 radical (unpaired) electrons. The van der Waals surface area contributed by atoms with E-state index in [2.05, 4.69) is 22.0 Å². The smallest absolute Gasteiger partial charge is 0.237 e. The first-order valence-electron chi connectivity index (χ1n) is 10.3. The molecule has 0 spiro atoms. The Bertz CT molecular complexity index is 985. The molecule has 29 heavy (non-hydrogen) atoms. The van der Waals surface area contributed by atoms with Crippen molar-refractivity contribution in [2.45, 2.75) is 31.8 Å². The van der Waals surface area contributed by atoms with Gasteiger partial charge in [0.2, 0.25) is 5.91 Å². The van der Waals surface area contributed by atoms with Crippen LogP contribution in [0.25, 0.3) is 10.9 Å². The third kappa shape index (κ3) is 4.49. The molecule has 0 bridgehead atoms. The van der Waals surface area contributed by atoms with Crippen LogP contribution in [0, 0.1) is 0 Å². The highest BCUT2D eigenvalue weighted by Gasteiger charge is 2.34. The Balaban J connectivity index is 1.46. The molecule has 2 aromatic rings. The van der Waals surface area contributed by atoms with Crippen LogP contribution in [-0.2, 0) is 32.3 Å². The number of sulfone groups is 1. The number of hydrogen-bond acceptors (Lipinski definition) is 5. The molecule has 3 heterocycles. The lowest BCUT2D eigenvalue weighted by atomic mass is 10.0. The first-order valence-corrected chi connectivity index (χ1v) is 12.1. The van der Waals surface area contributed by atoms with Crippen molar-refractivity contribution in [1.82, 2.24) is 14.8 Å². The zero-order chi connectivity index (χ0) is 20.4. The number of methoxy groups -OCH3 is 1. The molecule has 1 atom stereocenters. The van der Waals surface area contributed by atoms with E-state index in [1.165, 1.54) is 16.6 Å². The number of carbonyl (C=O) groups is 1. The summed E-state index contributed by atoms with van der Waals surface area (Å²) in [5.74, 6) is 0.442. The molecule has 1 amide bonds. The Morgan fingerprint density at radius 1 is 1.34 bits per heavy atom. The fourth-order valence-electron chi connectivity index (χ4n) is 4.52. The van der Waals surface area contributed by atoms with Crippen LogP contribution in [0.4, 0.5) is 0 Å². The molecule has 2 aliphatic rings. The lowest BCUT2D eigenvalue weighted by molar-refractivity contribution is -0.133. The second-order valence-corrected chi connectivity index (χ2v) is 10.3. The molecule has 1 aromatic carbocycles. The maximum Gasteiger partial charge on any atom is 0.237 e. The Morgan fingerprint density at radius 2 is 2.17 bits per heavy atom. The van der Waals surface area contributed by atoms with Crippen LogP contribution in [0.3, 0.4) is 0 Å². The summed E-state index contributed by atoms with van der Waals surface area (Å²) in [6.07, 6.45) is 2.21. The number of ether oxygens (including phenoxy) is 1. The van der Waals surface area contributed by atoms with Crippen molar-refractivity contribution < 1.29 is 17.9 Å². The number of amides is 1. The summed E-state index contributed by atoms with van der Waals surface area (Å²) in [5.41, 5.74) is 3.54. The molecular weight excluding hydrogens is 390 g/mol. The van der Waals surface area contributed by atoms with Gasteiger partial charge in [-0.25, -0.2) is 8.42 Å². The normalized spacial score (nSPS) is 21.0. The Kier molecular flexibility index (Phi) is 5.94. The van der Waals surface area contributed by atoms with Gasteiger partial charge in [-0.2, -0.15) is 0 Å². The van der Waals surface area contributed by atoms with Gasteiger partial charge < -0.3 is 14.6 Å². The molecule has 1 aromatic heterocycles. The van der Waals surface area contributed by atoms with E-state index in [9.17, 15) is 13.2 Å². The Labute approximate surface area is 171 Å². The average molecular weight is 420 g/mol. The number of carbonyl (C=O) groups excluding carboxylic acids is 1. The highest BCUT2D eigenvalue weighted by molar-refractivity contribution is 7.91. The molecule has 0 saturated carbocycles. The quantitative estimate of drug-likeness (QED) is 0.689. The van der Waals surface area contributed by atoms with Gasteiger partial charge in [0, 0.05) is 68.0 Å². The van der Waals surface area contributed by atoms with Gasteiger partial charge in [0.15, 0.2) is 9.84 Å². The third-order valence-electron chi connectivity index (χ3n) is 6.09. The lowest BCUT2D eigenvalue weighted by Crippen LogP contribution is -2.47. The van der Waals surface area contributed by atoms with Crippen LogP contribution in [0.15, 0.2) is 24.3 Å². The number of hydrogen-bond donors (Lipinski definition) is 1. The maximum atomic E-state index is 13.1. The minimum atomic E-state index is -2.99. The van der Waals surface area contributed by atoms with Gasteiger partial charge in [0.25, 0.3) is 0 Å². The van der Waals surface area contributed by atoms with Gasteiger partial charge in [0.1, 0.15) is 0 Å². The van der Waals surface area contributed by atoms with Crippen molar-refractivity contribution in [2.75, 3.05) is 44.9 Å². The first-order chi connectivity index (χ1) is 14.0. The van der Waals surface area contributed by atoms with Crippen LogP contribution in [0.5, 0.6) is 0 Å². The molecule has 1 N–H and O–H groups in total. The molecule has 1 saturated heterocycles. The fraction of sp³-hybridized carbons (Fsp3) is 0.571. The standard InChI is InChI=1S/C21H29N3O4S/c1-28-11-4-9-23(16-8-12-29(26,27)15-16)14-21(25)24-10-7-20-18(13-24)17-5-2-3-6-19(17)22-20/h2-3,5-6,16,22H,4,7-15H2,1H3. The van der Waals surface area contributed by atoms with E-state index in [4.69, 9.17) is 4.74 Å². The van der Waals surface area contributed by atoms with Gasteiger partial charge >= 0.3 is 0 Å². The summed E-state index contributed by atoms with van der Waals surface area (Å²) in [7, 11) is -1.34. The number of aromatic amines is 1. The molecule has 8 heteroatoms. The highest BCUT2D eigenvalue weighted by atomic mass is 32.2. The van der Waals surface area contributed by atoms with Crippen LogP contribution in [-0.4, -0.2) is 80.0 Å². The second kappa shape index (κ2) is 8.45. The van der Waals surface area contributed by atoms with E-state index < -0.39 is 9.84 Å². The van der Waals surface area contributed by atoms with E-state index in [0.29, 0.717) is 32.7 Å². The van der Waals surface area contributed by atoms with E-state index >= 15 is 0 Å². The first kappa shape index (κ1) is 20.4. The summed E-state index contributed by atoms with van der Waals surface area (Å²) in [4.78, 5) is 20.6. The predicted octanol–water partition coefficient (Wildman–Crippen LogP) is 1.58. The number of aromatic nitrogens is 1. The number of nitrogens with one attached hydrogen (secondary N) is 1. The van der Waals surface area contributed by atoms with Gasteiger partial charge in [-0.1, -0.05) is 18.2 Å². The van der Waals surface area contributed by atoms with Crippen molar-refractivity contribution in [3.8, 4) is 0 Å². The number of H-pyrrole nitrogens is 1. The summed E-state index contributed by atoms with van der Waals surface area (Å²) in [5, 5.41) is 1.18. The minimum Gasteiger partial charge on any atom is -0.385 e. The molecule has 4 rings (SSSR count). The maximum absolute atomic E-state index is 13.1. The van der Waals surface area contributed by atoms with Gasteiger partial charge in [-0.15, -0.1) is 0 Å². The van der Waals surface area contributed by atoms with Gasteiger partial charge in [-0.3, -0.25) is 9.69 Å². The van der Waals surface area contributed by atoms with E-state index in [1.54, 1.807) is 7.11 Å². The van der Waals surface area contributed by atoms with Crippen molar-refractivity contribution in [1.29, 1.82) is 0 Å². The fourth-order valence-corrected chi connectivity index (χ4v) is 6.28. The van der Waals surface area contributed by atoms with Crippen molar-refractivity contribution in [3.05, 3.63) is 35.5 Å². The van der Waals surface area contributed by atoms with Crippen LogP contribution in [0.1, 0.15) is 24.1 Å². The SMILES string of the molecule is COCCCN(CC(=O)N1CCc2[nH]c3ccccc3c2C1)C1CCS(=O)(=O)C1.